The van der Waals surface area contributed by atoms with Gasteiger partial charge in [-0.25, -0.2) is 0 Å². The van der Waals surface area contributed by atoms with Crippen molar-refractivity contribution >= 4 is 17.0 Å². The van der Waals surface area contributed by atoms with E-state index in [1.165, 1.54) is 0 Å². The van der Waals surface area contributed by atoms with E-state index in [1.54, 1.807) is 19.0 Å². The zero-order valence-electron chi connectivity index (χ0n) is 12.4. The molecule has 0 unspecified atom stereocenters. The maximum absolute atomic E-state index is 10.0. The Balaban J connectivity index is 2.07. The van der Waals surface area contributed by atoms with Crippen molar-refractivity contribution < 1.29 is 20.1 Å². The SMILES string of the molecule is CN(C)c1nc(C#N)nc2nn([C@@H]3O[C@H](CO)[C@@H](O)[C@H]3O)nc12. The summed E-state index contributed by atoms with van der Waals surface area (Å²) in [7, 11) is 3.46. The highest BCUT2D eigenvalue weighted by Crippen LogP contribution is 2.29. The third-order valence-corrected chi connectivity index (χ3v) is 3.52. The normalized spacial score (nSPS) is 27.3. The van der Waals surface area contributed by atoms with Crippen LogP contribution in [0.25, 0.3) is 11.2 Å². The summed E-state index contributed by atoms with van der Waals surface area (Å²) in [6.07, 6.45) is -4.57. The summed E-state index contributed by atoms with van der Waals surface area (Å²) in [6, 6.07) is 1.85. The molecule has 3 heterocycles. The van der Waals surface area contributed by atoms with Crippen LogP contribution < -0.4 is 4.90 Å². The summed E-state index contributed by atoms with van der Waals surface area (Å²) in [5.74, 6) is 0.332. The Kier molecular flexibility index (Phi) is 3.82. The molecule has 1 saturated heterocycles. The molecule has 0 saturated carbocycles. The highest BCUT2D eigenvalue weighted by molar-refractivity contribution is 5.82. The predicted molar refractivity (Wildman–Crippen MR) is 75.2 cm³/mol. The van der Waals surface area contributed by atoms with Crippen molar-refractivity contribution in [2.45, 2.75) is 24.5 Å². The van der Waals surface area contributed by atoms with Gasteiger partial charge >= 0.3 is 0 Å². The van der Waals surface area contributed by atoms with Crippen molar-refractivity contribution in [3.8, 4) is 6.07 Å². The topological polar surface area (TPSA) is 153 Å². The molecule has 0 bridgehead atoms. The smallest absolute Gasteiger partial charge is 0.236 e. The van der Waals surface area contributed by atoms with Gasteiger partial charge in [-0.05, 0) is 0 Å². The van der Waals surface area contributed by atoms with Gasteiger partial charge in [-0.1, -0.05) is 0 Å². The lowest BCUT2D eigenvalue weighted by Crippen LogP contribution is -2.33. The quantitative estimate of drug-likeness (QED) is 0.566. The van der Waals surface area contributed by atoms with Gasteiger partial charge in [0.2, 0.25) is 11.5 Å². The van der Waals surface area contributed by atoms with Crippen LogP contribution in [0, 0.1) is 11.3 Å². The second kappa shape index (κ2) is 5.67. The molecule has 0 aromatic carbocycles. The summed E-state index contributed by atoms with van der Waals surface area (Å²) >= 11 is 0. The Bertz CT molecular complexity index is 771. The number of nitrogens with zero attached hydrogens (tertiary/aromatic N) is 7. The van der Waals surface area contributed by atoms with Crippen LogP contribution in [-0.2, 0) is 4.74 Å². The van der Waals surface area contributed by atoms with Gasteiger partial charge in [0.05, 0.1) is 6.61 Å². The fourth-order valence-corrected chi connectivity index (χ4v) is 2.36. The molecule has 0 radical (unpaired) electrons. The monoisotopic (exact) mass is 321 g/mol. The first-order chi connectivity index (χ1) is 11.0. The van der Waals surface area contributed by atoms with E-state index in [0.29, 0.717) is 11.3 Å². The Morgan fingerprint density at radius 2 is 2.00 bits per heavy atom. The predicted octanol–water partition coefficient (Wildman–Crippen LogP) is -2.23. The van der Waals surface area contributed by atoms with Crippen molar-refractivity contribution in [2.75, 3.05) is 25.6 Å². The number of hydrogen-bond acceptors (Lipinski definition) is 10. The molecular formula is C12H15N7O4. The van der Waals surface area contributed by atoms with Gasteiger partial charge in [-0.3, -0.25) is 0 Å². The van der Waals surface area contributed by atoms with Crippen LogP contribution in [0.4, 0.5) is 5.82 Å². The highest BCUT2D eigenvalue weighted by atomic mass is 16.6. The first kappa shape index (κ1) is 15.5. The number of hydrogen-bond donors (Lipinski definition) is 3. The molecule has 2 aromatic heterocycles. The molecule has 0 amide bonds. The van der Waals surface area contributed by atoms with E-state index in [-0.39, 0.29) is 11.5 Å². The second-order valence-corrected chi connectivity index (χ2v) is 5.30. The van der Waals surface area contributed by atoms with Gasteiger partial charge in [0, 0.05) is 14.1 Å². The van der Waals surface area contributed by atoms with Crippen LogP contribution in [0.2, 0.25) is 0 Å². The lowest BCUT2D eigenvalue weighted by Gasteiger charge is -2.13. The van der Waals surface area contributed by atoms with Crippen molar-refractivity contribution in [2.24, 2.45) is 0 Å². The van der Waals surface area contributed by atoms with Crippen LogP contribution in [0.1, 0.15) is 12.1 Å². The minimum atomic E-state index is -1.31. The van der Waals surface area contributed by atoms with Gasteiger partial charge in [-0.2, -0.15) is 15.2 Å². The summed E-state index contributed by atoms with van der Waals surface area (Å²) in [5, 5.41) is 46.3. The van der Waals surface area contributed by atoms with Crippen LogP contribution in [0.15, 0.2) is 0 Å². The number of nitriles is 1. The molecule has 11 nitrogen and oxygen atoms in total. The minimum absolute atomic E-state index is 0.0607. The van der Waals surface area contributed by atoms with Gasteiger partial charge in [0.25, 0.3) is 0 Å². The molecule has 3 N–H and O–H groups in total. The minimum Gasteiger partial charge on any atom is -0.394 e. The third kappa shape index (κ3) is 2.47. The maximum Gasteiger partial charge on any atom is 0.236 e. The Labute approximate surface area is 130 Å². The Morgan fingerprint density at radius 1 is 1.26 bits per heavy atom. The van der Waals surface area contributed by atoms with E-state index < -0.39 is 31.1 Å². The van der Waals surface area contributed by atoms with E-state index in [2.05, 4.69) is 20.2 Å². The highest BCUT2D eigenvalue weighted by Gasteiger charge is 2.44. The molecular weight excluding hydrogens is 306 g/mol. The molecule has 1 aliphatic rings. The maximum atomic E-state index is 10.0. The van der Waals surface area contributed by atoms with Crippen LogP contribution in [-0.4, -0.2) is 79.3 Å². The largest absolute Gasteiger partial charge is 0.394 e. The van der Waals surface area contributed by atoms with Crippen molar-refractivity contribution in [3.63, 3.8) is 0 Å². The molecule has 2 aromatic rings. The first-order valence-electron chi connectivity index (χ1n) is 6.80. The molecule has 1 aliphatic heterocycles. The Morgan fingerprint density at radius 3 is 2.57 bits per heavy atom. The van der Waals surface area contributed by atoms with E-state index in [1.807, 2.05) is 6.07 Å². The second-order valence-electron chi connectivity index (χ2n) is 5.30. The number of rotatable bonds is 3. The fraction of sp³-hybridized carbons (Fsp3) is 0.583. The number of aromatic nitrogens is 5. The van der Waals surface area contributed by atoms with Gasteiger partial charge in [0.1, 0.15) is 24.4 Å². The number of fused-ring (bicyclic) bond motifs is 1. The summed E-state index contributed by atoms with van der Waals surface area (Å²) in [6.45, 7) is -0.448. The molecule has 0 spiro atoms. The number of aliphatic hydroxyl groups is 3. The van der Waals surface area contributed by atoms with E-state index in [4.69, 9.17) is 15.1 Å². The molecule has 122 valence electrons. The molecule has 1 fully saturated rings. The molecule has 4 atom stereocenters. The third-order valence-electron chi connectivity index (χ3n) is 3.52. The molecule has 3 rings (SSSR count). The summed E-state index contributed by atoms with van der Waals surface area (Å²) in [4.78, 5) is 10.8. The summed E-state index contributed by atoms with van der Waals surface area (Å²) in [5.41, 5.74) is 0.490. The van der Waals surface area contributed by atoms with Crippen LogP contribution in [0.5, 0.6) is 0 Å². The average molecular weight is 321 g/mol. The average Bonchev–Trinajstić information content (AvgIpc) is 3.08. The lowest BCUT2D eigenvalue weighted by atomic mass is 10.1. The zero-order chi connectivity index (χ0) is 16.7. The first-order valence-corrected chi connectivity index (χ1v) is 6.80. The number of ether oxygens (including phenoxy) is 1. The van der Waals surface area contributed by atoms with Crippen LogP contribution in [0.3, 0.4) is 0 Å². The van der Waals surface area contributed by atoms with E-state index in [0.717, 1.165) is 4.80 Å². The standard InChI is InChI=1S/C12H15N7O4/c1-18(2)11-7-10(14-6(3-13)15-11)17-19(16-7)12-9(22)8(21)5(4-20)23-12/h5,8-9,12,20-22H,4H2,1-2H3/t5-,8-,9-,12-/m1/s1. The molecule has 0 aliphatic carbocycles. The molecule has 23 heavy (non-hydrogen) atoms. The van der Waals surface area contributed by atoms with Gasteiger partial charge in [-0.15, -0.1) is 15.0 Å². The van der Waals surface area contributed by atoms with Crippen molar-refractivity contribution in [3.05, 3.63) is 5.82 Å². The summed E-state index contributed by atoms with van der Waals surface area (Å²) < 4.78 is 5.37. The number of aliphatic hydroxyl groups excluding tert-OH is 3. The zero-order valence-corrected chi connectivity index (χ0v) is 12.4. The Hall–Kier alpha value is -2.39. The number of anilines is 1. The van der Waals surface area contributed by atoms with Gasteiger partial charge in [0.15, 0.2) is 17.6 Å². The van der Waals surface area contributed by atoms with Crippen molar-refractivity contribution in [1.29, 1.82) is 5.26 Å². The van der Waals surface area contributed by atoms with E-state index >= 15 is 0 Å². The van der Waals surface area contributed by atoms with E-state index in [9.17, 15) is 10.2 Å². The molecule has 11 heteroatoms. The fourth-order valence-electron chi connectivity index (χ4n) is 2.36. The van der Waals surface area contributed by atoms with Gasteiger partial charge < -0.3 is 25.0 Å². The lowest BCUT2D eigenvalue weighted by molar-refractivity contribution is -0.0650. The van der Waals surface area contributed by atoms with Crippen LogP contribution >= 0.6 is 0 Å². The van der Waals surface area contributed by atoms with Crippen molar-refractivity contribution in [1.82, 2.24) is 25.0 Å².